The first-order chi connectivity index (χ1) is 65.5. The van der Waals surface area contributed by atoms with E-state index in [1.165, 1.54) is 6.07 Å². The largest absolute Gasteiger partial charge is 0.508 e. The Morgan fingerprint density at radius 2 is 0.971 bits per heavy atom. The van der Waals surface area contributed by atoms with Gasteiger partial charge in [0.2, 0.25) is 0 Å². The van der Waals surface area contributed by atoms with E-state index in [-0.39, 0.29) is 143 Å². The molecule has 0 radical (unpaired) electrons. The SMILES string of the molecule is O=C(O)c1cc2c3c4c5c6c7c(cc5c(OCC(COCC(O)COC(COCCCCS(=O)(=O)O)OCCCCS(=O)(=O)O)OCC(O)COCC(COCCCCS(=O)(=O)O)OCCCCS(=O)(=O)O)c3c1)C=C1C=C(O)C=C3c5c(C(=O)O)cc8c9c(C(=O)O)ccc%10c9c9c%11c%12c(c(c5c%118)C75OC135)=C6C13OC41c1c-2cc(O)c2c1c1c4c5c(cc6cccc2c64)C=C(C=%10)C92OC52C=%12C=13. The van der Waals surface area contributed by atoms with Crippen LogP contribution in [0.25, 0.3) is 138 Å². The van der Waals surface area contributed by atoms with Crippen molar-refractivity contribution in [1.29, 1.82) is 0 Å². The molecular weight excluding hydrogens is 1860 g/mol. The number of rotatable bonds is 46. The molecule has 3 saturated heterocycles. The third-order valence-corrected chi connectivity index (χ3v) is 33.6. The fourth-order valence-electron chi connectivity index (χ4n) is 25.8. The summed E-state index contributed by atoms with van der Waals surface area (Å²) in [6.07, 6.45) is 4.10. The van der Waals surface area contributed by atoms with Crippen molar-refractivity contribution in [3.05, 3.63) is 189 Å². The van der Waals surface area contributed by atoms with Gasteiger partial charge in [0, 0.05) is 125 Å². The number of phenolic OH excluding ortho intramolecular Hbond substituents is 1. The van der Waals surface area contributed by atoms with Crippen LogP contribution in [0.4, 0.5) is 0 Å². The molecule has 0 amide bonds. The van der Waals surface area contributed by atoms with Crippen LogP contribution in [0.15, 0.2) is 95.8 Å². The predicted octanol–water partition coefficient (Wildman–Crippen LogP) is 7.87. The van der Waals surface area contributed by atoms with Crippen LogP contribution in [-0.2, 0) is 115 Å². The van der Waals surface area contributed by atoms with E-state index in [4.69, 9.17) is 56.8 Å². The monoisotopic (exact) mass is 1940 g/mol. The lowest BCUT2D eigenvalue weighted by Gasteiger charge is -2.50. The van der Waals surface area contributed by atoms with Gasteiger partial charge in [-0.25, -0.2) is 14.4 Å². The lowest BCUT2D eigenvalue weighted by Crippen LogP contribution is -2.59. The zero-order valence-electron chi connectivity index (χ0n) is 72.2. The summed E-state index contributed by atoms with van der Waals surface area (Å²) in [7, 11) is -17.1. The molecule has 11 atom stereocenters. The number of aromatic carboxylic acids is 3. The standard InChI is InChI=1S/C99H82O34S4/c100-49-29-48-25-45-26-60-72-79-82(45)96-86-74-69(62(30-49)94(48,96)131-96)61(93(108)109)31-58-67-55(92(106)107)13-12-43-23-47-24-44-22-42-10-9-11-54-65(42)73-77-75-70(54)63(103)32-57-56-27-46(91(104)105)28-59(68(56)85(72)98(83(57)75)99(133-98)87(79)80(86)78-76(71(58)74)84(66(43)67)95(47)97(132-95,81(44)73)89(78)88(77)99)90(60)130-40-53(39-125-34-51(102)36-129-64(127-17-4-8-21-137(119,120)121)41-123-15-2-6-19-135(113,114)115)128-35-50(101)33-124-38-52(126-16-3-7-20-136(116,117)118)37-122-14-1-5-18-134(110,111)112/h9-13,22-32,50-53,64,100-103H,1-8,14-21,33-41H2,(H,104,105)(H,106,107)(H,108,109)(H,110,111,112)(H,113,114,115)(H,116,117,118)(H,119,120,121). The number of hydrogen-bond donors (Lipinski definition) is 11. The number of carboxylic acids is 3. The Hall–Kier alpha value is -10.9. The minimum Gasteiger partial charge on any atom is -0.508 e. The smallest absolute Gasteiger partial charge is 0.336 e. The Morgan fingerprint density at radius 3 is 1.66 bits per heavy atom. The van der Waals surface area contributed by atoms with Crippen molar-refractivity contribution in [3.8, 4) is 22.6 Å². The van der Waals surface area contributed by atoms with Gasteiger partial charge in [-0.15, -0.1) is 0 Å². The lowest BCUT2D eigenvalue weighted by molar-refractivity contribution is -0.188. The fourth-order valence-corrected chi connectivity index (χ4v) is 28.1. The minimum absolute atomic E-state index is 0.00358. The number of aromatic hydroxyl groups is 1. The Bertz CT molecular complexity index is 8590. The van der Waals surface area contributed by atoms with Crippen molar-refractivity contribution in [1.82, 2.24) is 0 Å². The maximum absolute atomic E-state index is 14.9. The summed E-state index contributed by atoms with van der Waals surface area (Å²) in [5.74, 6) is -6.25. The fraction of sp³-hybridized carbons (Fsp3) is 0.364. The van der Waals surface area contributed by atoms with Crippen LogP contribution in [0, 0.1) is 0 Å². The number of aliphatic hydroxyl groups excluding tert-OH is 3. The van der Waals surface area contributed by atoms with Gasteiger partial charge in [-0.05, 0) is 233 Å². The first-order valence-corrected chi connectivity index (χ1v) is 51.7. The van der Waals surface area contributed by atoms with Crippen molar-refractivity contribution in [2.45, 2.75) is 116 Å². The normalized spacial score (nSPS) is 23.9. The molecule has 26 rings (SSSR count). The summed E-state index contributed by atoms with van der Waals surface area (Å²) >= 11 is 0. The molecule has 11 aromatic rings. The number of ether oxygens (including phenoxy) is 12. The van der Waals surface area contributed by atoms with Gasteiger partial charge in [0.15, 0.2) is 39.9 Å². The molecule has 34 nitrogen and oxygen atoms in total. The second kappa shape index (κ2) is 28.9. The van der Waals surface area contributed by atoms with Crippen LogP contribution < -0.4 is 25.6 Å². The van der Waals surface area contributed by atoms with E-state index in [1.54, 1.807) is 42.5 Å². The number of aliphatic hydroxyl groups is 3. The number of fused-ring (bicyclic) bond motifs is 4. The number of carbonyl (C=O) groups is 3. The highest BCUT2D eigenvalue weighted by atomic mass is 32.2. The van der Waals surface area contributed by atoms with Gasteiger partial charge in [0.05, 0.1) is 92.6 Å². The molecule has 12 aliphatic carbocycles. The minimum atomic E-state index is -4.30. The highest BCUT2D eigenvalue weighted by Crippen LogP contribution is 2.88. The first kappa shape index (κ1) is 86.5. The predicted molar refractivity (Wildman–Crippen MR) is 491 cm³/mol. The second-order valence-corrected chi connectivity index (χ2v) is 44.4. The topological polar surface area (TPSA) is 531 Å². The van der Waals surface area contributed by atoms with E-state index >= 15 is 0 Å². The van der Waals surface area contributed by atoms with Crippen LogP contribution in [0.2, 0.25) is 0 Å². The first-order valence-electron chi connectivity index (χ1n) is 45.3. The van der Waals surface area contributed by atoms with Gasteiger partial charge in [0.1, 0.15) is 48.3 Å². The summed E-state index contributed by atoms with van der Waals surface area (Å²) in [6.45, 7) is -3.48. The summed E-state index contributed by atoms with van der Waals surface area (Å²) < 4.78 is 210. The Kier molecular flexibility index (Phi) is 18.3. The van der Waals surface area contributed by atoms with Crippen molar-refractivity contribution < 1.29 is 159 Å². The summed E-state index contributed by atoms with van der Waals surface area (Å²) in [5, 5.41) is 97.7. The van der Waals surface area contributed by atoms with E-state index in [2.05, 4.69) is 24.3 Å². The molecule has 3 aliphatic heterocycles. The van der Waals surface area contributed by atoms with Gasteiger partial charge in [-0.1, -0.05) is 24.3 Å². The highest BCUT2D eigenvalue weighted by molar-refractivity contribution is 7.86. The van der Waals surface area contributed by atoms with Gasteiger partial charge in [-0.2, -0.15) is 33.7 Å². The molecular formula is C99H82O34S4. The number of benzene rings is 11. The average molecular weight is 1940 g/mol. The molecule has 3 heterocycles. The molecule has 137 heavy (non-hydrogen) atoms. The third-order valence-electron chi connectivity index (χ3n) is 30.4. The number of allylic oxidation sites excluding steroid dienone is 1. The van der Waals surface area contributed by atoms with Crippen LogP contribution in [-0.4, -0.2) is 256 Å². The number of unbranched alkanes of at least 4 members (excludes halogenated alkanes) is 4. The van der Waals surface area contributed by atoms with Gasteiger partial charge >= 0.3 is 17.9 Å². The Morgan fingerprint density at radius 1 is 0.380 bits per heavy atom. The van der Waals surface area contributed by atoms with E-state index in [0.717, 1.165) is 59.8 Å². The molecule has 3 fully saturated rings. The lowest BCUT2D eigenvalue weighted by atomic mass is 9.47. The highest BCUT2D eigenvalue weighted by Gasteiger charge is 2.91. The maximum atomic E-state index is 14.9. The van der Waals surface area contributed by atoms with Crippen molar-refractivity contribution in [3.63, 3.8) is 0 Å². The second-order valence-electron chi connectivity index (χ2n) is 38.1. The van der Waals surface area contributed by atoms with E-state index in [0.29, 0.717) is 136 Å². The van der Waals surface area contributed by atoms with Crippen molar-refractivity contribution in [2.24, 2.45) is 0 Å². The summed E-state index contributed by atoms with van der Waals surface area (Å²) in [4.78, 5) is 43.7. The molecule has 11 N–H and O–H groups in total. The average Bonchev–Trinajstić information content (AvgIpc) is 1.38. The summed E-state index contributed by atoms with van der Waals surface area (Å²) in [6, 6.07) is 20.0. The van der Waals surface area contributed by atoms with E-state index < -0.39 is 185 Å². The number of carboxylic acid groups (broad SMARTS) is 3. The quantitative estimate of drug-likeness (QED) is 0.00431. The Balaban J connectivity index is 0.660. The van der Waals surface area contributed by atoms with Crippen LogP contribution >= 0.6 is 0 Å². The molecule has 0 bridgehead atoms. The van der Waals surface area contributed by atoms with E-state index in [9.17, 15) is 102 Å². The zero-order chi connectivity index (χ0) is 94.5. The number of epoxide rings is 3. The molecule has 0 aromatic heterocycles. The number of phenols is 1. The molecule has 11 unspecified atom stereocenters. The zero-order valence-corrected chi connectivity index (χ0v) is 75.5. The molecule has 38 heteroatoms. The van der Waals surface area contributed by atoms with Gasteiger partial charge < -0.3 is 92.6 Å². The Labute approximate surface area is 775 Å². The van der Waals surface area contributed by atoms with Gasteiger partial charge in [-0.3, -0.25) is 18.2 Å². The molecule has 0 saturated carbocycles. The third kappa shape index (κ3) is 11.4. The molecule has 11 aromatic carbocycles. The maximum Gasteiger partial charge on any atom is 0.336 e. The molecule has 15 aliphatic rings. The van der Waals surface area contributed by atoms with Crippen LogP contribution in [0.1, 0.15) is 138 Å². The van der Waals surface area contributed by atoms with Crippen LogP contribution in [0.5, 0.6) is 11.5 Å². The van der Waals surface area contributed by atoms with Crippen LogP contribution in [0.3, 0.4) is 0 Å². The van der Waals surface area contributed by atoms with Crippen molar-refractivity contribution >= 4 is 185 Å². The van der Waals surface area contributed by atoms with Crippen molar-refractivity contribution in [2.75, 3.05) is 109 Å². The molecule has 706 valence electrons. The van der Waals surface area contributed by atoms with Gasteiger partial charge in [0.25, 0.3) is 40.5 Å². The summed E-state index contributed by atoms with van der Waals surface area (Å²) in [5.41, 5.74) is 1.73. The van der Waals surface area contributed by atoms with E-state index in [1.807, 2.05) is 24.3 Å². The molecule has 6 spiro atoms. The number of hydrogen-bond acceptors (Lipinski definition) is 27.